The number of hydrogen-bond donors (Lipinski definition) is 4. The first-order chi connectivity index (χ1) is 16.1. The molecule has 0 aliphatic carbocycles. The smallest absolute Gasteiger partial charge is 0.276 e. The molecule has 0 aliphatic heterocycles. The normalized spacial score (nSPS) is 11.2. The predicted octanol–water partition coefficient (Wildman–Crippen LogP) is 2.34. The Morgan fingerprint density at radius 2 is 2.21 bits per heavy atom. The van der Waals surface area contributed by atoms with Crippen LogP contribution in [0.3, 0.4) is 0 Å². The summed E-state index contributed by atoms with van der Waals surface area (Å²) in [5.41, 5.74) is 4.43. The molecule has 4 aromatic heterocycles. The monoisotopic (exact) mass is 463 g/mol. The lowest BCUT2D eigenvalue weighted by Crippen LogP contribution is -2.20. The van der Waals surface area contributed by atoms with E-state index in [2.05, 4.69) is 35.8 Å². The summed E-state index contributed by atoms with van der Waals surface area (Å²) in [4.78, 5) is 19.3. The SMILES string of the molecule is CN(CCO)c1nc(Cn2cc(NC(=O)c3n[nH]c4cc(-c5cn[nH]c5)ccc34)cn2)cs1. The molecule has 5 aromatic rings. The lowest BCUT2D eigenvalue weighted by Gasteiger charge is -2.12. The van der Waals surface area contributed by atoms with Crippen molar-refractivity contribution < 1.29 is 9.90 Å². The number of anilines is 2. The van der Waals surface area contributed by atoms with Gasteiger partial charge in [-0.1, -0.05) is 6.07 Å². The number of hydrogen-bond acceptors (Lipinski definition) is 8. The molecule has 33 heavy (non-hydrogen) atoms. The number of nitrogens with zero attached hydrogens (tertiary/aromatic N) is 6. The summed E-state index contributed by atoms with van der Waals surface area (Å²) in [5, 5.41) is 33.6. The molecule has 1 amide bonds. The topological polar surface area (TPSA) is 141 Å². The van der Waals surface area contributed by atoms with Gasteiger partial charge in [0, 0.05) is 42.3 Å². The standard InChI is InChI=1S/C21H21N9O2S/c1-29(4-5-31)21-26-16(12-33-21)11-30-10-15(9-24-30)25-20(32)19-17-3-2-13(6-18(17)27-28-19)14-7-22-23-8-14/h2-3,6-10,12,31H,4-5,11H2,1H3,(H,22,23)(H,25,32)(H,27,28). The fourth-order valence-electron chi connectivity index (χ4n) is 3.44. The minimum atomic E-state index is -0.321. The number of H-pyrrole nitrogens is 2. The summed E-state index contributed by atoms with van der Waals surface area (Å²) in [5.74, 6) is -0.321. The number of carbonyl (C=O) groups excluding carboxylic acids is 1. The van der Waals surface area contributed by atoms with Crippen LogP contribution in [0.4, 0.5) is 10.8 Å². The lowest BCUT2D eigenvalue weighted by molar-refractivity contribution is 0.102. The summed E-state index contributed by atoms with van der Waals surface area (Å²) in [6.07, 6.45) is 6.89. The van der Waals surface area contributed by atoms with Gasteiger partial charge in [-0.05, 0) is 17.7 Å². The molecule has 0 fully saturated rings. The fraction of sp³-hybridized carbons (Fsp3) is 0.190. The highest BCUT2D eigenvalue weighted by Crippen LogP contribution is 2.25. The third-order valence-corrected chi connectivity index (χ3v) is 6.13. The first-order valence-electron chi connectivity index (χ1n) is 10.2. The highest BCUT2D eigenvalue weighted by atomic mass is 32.1. The second-order valence-electron chi connectivity index (χ2n) is 7.47. The quantitative estimate of drug-likeness (QED) is 0.277. The molecule has 1 aromatic carbocycles. The molecule has 11 nitrogen and oxygen atoms in total. The Bertz CT molecular complexity index is 1390. The zero-order chi connectivity index (χ0) is 22.8. The number of nitrogens with one attached hydrogen (secondary N) is 3. The van der Waals surface area contributed by atoms with E-state index in [4.69, 9.17) is 5.11 Å². The first kappa shape index (κ1) is 20.8. The number of fused-ring (bicyclic) bond motifs is 1. The first-order valence-corrected chi connectivity index (χ1v) is 11.1. The van der Waals surface area contributed by atoms with Gasteiger partial charge in [0.2, 0.25) is 0 Å². The number of aromatic nitrogens is 7. The number of benzene rings is 1. The van der Waals surface area contributed by atoms with Crippen molar-refractivity contribution >= 4 is 39.0 Å². The third-order valence-electron chi connectivity index (χ3n) is 5.13. The Hall–Kier alpha value is -4.03. The molecule has 4 heterocycles. The van der Waals surface area contributed by atoms with Crippen LogP contribution >= 0.6 is 11.3 Å². The maximum Gasteiger partial charge on any atom is 0.276 e. The van der Waals surface area contributed by atoms with E-state index in [1.54, 1.807) is 23.3 Å². The Balaban J connectivity index is 1.27. The Morgan fingerprint density at radius 3 is 3.03 bits per heavy atom. The number of aromatic amines is 2. The van der Waals surface area contributed by atoms with E-state index in [0.717, 1.165) is 32.9 Å². The average molecular weight is 464 g/mol. The summed E-state index contributed by atoms with van der Waals surface area (Å²) in [6.45, 7) is 1.07. The van der Waals surface area contributed by atoms with Crippen LogP contribution in [-0.4, -0.2) is 66.4 Å². The maximum atomic E-state index is 12.8. The van der Waals surface area contributed by atoms with Gasteiger partial charge >= 0.3 is 0 Å². The van der Waals surface area contributed by atoms with Crippen molar-refractivity contribution in [3.05, 3.63) is 59.8 Å². The van der Waals surface area contributed by atoms with Crippen molar-refractivity contribution in [3.8, 4) is 11.1 Å². The van der Waals surface area contributed by atoms with Gasteiger partial charge in [0.15, 0.2) is 10.8 Å². The molecule has 4 N–H and O–H groups in total. The summed E-state index contributed by atoms with van der Waals surface area (Å²) >= 11 is 1.51. The van der Waals surface area contributed by atoms with Crippen molar-refractivity contribution in [2.24, 2.45) is 0 Å². The molecular weight excluding hydrogens is 442 g/mol. The third kappa shape index (κ3) is 4.33. The van der Waals surface area contributed by atoms with E-state index in [-0.39, 0.29) is 12.5 Å². The second-order valence-corrected chi connectivity index (χ2v) is 8.30. The van der Waals surface area contributed by atoms with Crippen LogP contribution in [0.1, 0.15) is 16.2 Å². The molecule has 0 atom stereocenters. The van der Waals surface area contributed by atoms with Crippen LogP contribution in [0.25, 0.3) is 22.0 Å². The number of amides is 1. The number of carbonyl (C=O) groups is 1. The van der Waals surface area contributed by atoms with Crippen molar-refractivity contribution in [3.63, 3.8) is 0 Å². The van der Waals surface area contributed by atoms with Gasteiger partial charge in [-0.3, -0.25) is 19.7 Å². The molecule has 0 radical (unpaired) electrons. The van der Waals surface area contributed by atoms with Gasteiger partial charge in [-0.15, -0.1) is 11.3 Å². The van der Waals surface area contributed by atoms with E-state index in [1.807, 2.05) is 41.7 Å². The average Bonchev–Trinajstić information content (AvgIpc) is 3.60. The van der Waals surface area contributed by atoms with Crippen LogP contribution in [-0.2, 0) is 6.54 Å². The number of thiazole rings is 1. The molecule has 0 unspecified atom stereocenters. The fourth-order valence-corrected chi connectivity index (χ4v) is 4.25. The number of aliphatic hydroxyl groups excluding tert-OH is 1. The van der Waals surface area contributed by atoms with Crippen molar-refractivity contribution in [2.75, 3.05) is 30.4 Å². The van der Waals surface area contributed by atoms with Crippen molar-refractivity contribution in [1.82, 2.24) is 35.2 Å². The number of rotatable bonds is 8. The molecular formula is C21H21N9O2S. The van der Waals surface area contributed by atoms with E-state index >= 15 is 0 Å². The number of aliphatic hydroxyl groups is 1. The van der Waals surface area contributed by atoms with Crippen LogP contribution in [0, 0.1) is 0 Å². The minimum absolute atomic E-state index is 0.0739. The van der Waals surface area contributed by atoms with Crippen molar-refractivity contribution in [2.45, 2.75) is 6.54 Å². The van der Waals surface area contributed by atoms with Gasteiger partial charge in [0.25, 0.3) is 5.91 Å². The van der Waals surface area contributed by atoms with Gasteiger partial charge in [-0.25, -0.2) is 4.98 Å². The molecule has 0 spiro atoms. The summed E-state index contributed by atoms with van der Waals surface area (Å²) in [6, 6.07) is 5.73. The molecule has 0 aliphatic rings. The minimum Gasteiger partial charge on any atom is -0.395 e. The van der Waals surface area contributed by atoms with Crippen molar-refractivity contribution in [1.29, 1.82) is 0 Å². The Morgan fingerprint density at radius 1 is 1.30 bits per heavy atom. The summed E-state index contributed by atoms with van der Waals surface area (Å²) < 4.78 is 1.71. The molecule has 12 heteroatoms. The predicted molar refractivity (Wildman–Crippen MR) is 125 cm³/mol. The highest BCUT2D eigenvalue weighted by molar-refractivity contribution is 7.13. The molecule has 5 rings (SSSR count). The lowest BCUT2D eigenvalue weighted by atomic mass is 10.1. The van der Waals surface area contributed by atoms with E-state index in [1.165, 1.54) is 11.3 Å². The second kappa shape index (κ2) is 8.84. The van der Waals surface area contributed by atoms with Crippen LogP contribution < -0.4 is 10.2 Å². The van der Waals surface area contributed by atoms with E-state index in [9.17, 15) is 4.79 Å². The van der Waals surface area contributed by atoms with Gasteiger partial charge in [0.05, 0.1) is 42.4 Å². The number of likely N-dealkylation sites (N-methyl/N-ethyl adjacent to an activating group) is 1. The zero-order valence-electron chi connectivity index (χ0n) is 17.7. The van der Waals surface area contributed by atoms with E-state index < -0.39 is 0 Å². The maximum absolute atomic E-state index is 12.8. The van der Waals surface area contributed by atoms with Gasteiger partial charge in [-0.2, -0.15) is 15.3 Å². The van der Waals surface area contributed by atoms with Crippen LogP contribution in [0.5, 0.6) is 0 Å². The molecule has 168 valence electrons. The molecule has 0 saturated carbocycles. The van der Waals surface area contributed by atoms with Gasteiger partial charge < -0.3 is 15.3 Å². The Kier molecular flexibility index (Phi) is 5.59. The van der Waals surface area contributed by atoms with E-state index in [0.29, 0.717) is 24.5 Å². The highest BCUT2D eigenvalue weighted by Gasteiger charge is 2.16. The summed E-state index contributed by atoms with van der Waals surface area (Å²) in [7, 11) is 1.89. The molecule has 0 saturated heterocycles. The zero-order valence-corrected chi connectivity index (χ0v) is 18.5. The largest absolute Gasteiger partial charge is 0.395 e. The van der Waals surface area contributed by atoms with Crippen LogP contribution in [0.15, 0.2) is 48.4 Å². The van der Waals surface area contributed by atoms with Crippen LogP contribution in [0.2, 0.25) is 0 Å². The van der Waals surface area contributed by atoms with Gasteiger partial charge in [0.1, 0.15) is 0 Å². The molecule has 0 bridgehead atoms. The Labute approximate surface area is 192 Å².